The normalized spacial score (nSPS) is 11.5. The Bertz CT molecular complexity index is 755. The van der Waals surface area contributed by atoms with Gasteiger partial charge in [-0.3, -0.25) is 4.79 Å². The number of allylic oxidation sites excluding steroid dienone is 1. The molecule has 0 aliphatic rings. The molecule has 2 aromatic rings. The summed E-state index contributed by atoms with van der Waals surface area (Å²) in [4.78, 5) is 15.1. The van der Waals surface area contributed by atoms with Crippen molar-refractivity contribution >= 4 is 28.5 Å². The molecule has 3 nitrogen and oxygen atoms in total. The van der Waals surface area contributed by atoms with Gasteiger partial charge in [0.1, 0.15) is 5.75 Å². The fraction of sp³-hybridized carbons (Fsp3) is 0.227. The van der Waals surface area contributed by atoms with E-state index in [1.807, 2.05) is 59.5 Å². The molecule has 0 unspecified atom stereocenters. The third-order valence-electron chi connectivity index (χ3n) is 4.17. The molecule has 0 aromatic heterocycles. The summed E-state index contributed by atoms with van der Waals surface area (Å²) in [6.45, 7) is 8.69. The van der Waals surface area contributed by atoms with Crippen molar-refractivity contribution in [2.24, 2.45) is 0 Å². The summed E-state index contributed by atoms with van der Waals surface area (Å²) in [5.74, 6) is 0.655. The number of carbonyl (C=O) groups is 1. The van der Waals surface area contributed by atoms with Crippen LogP contribution in [0, 0.1) is 3.57 Å². The first-order valence-electron chi connectivity index (χ1n) is 8.48. The minimum atomic E-state index is -0.237. The van der Waals surface area contributed by atoms with Crippen molar-refractivity contribution in [1.29, 1.82) is 0 Å². The fourth-order valence-corrected chi connectivity index (χ4v) is 3.61. The number of nitrogens with zero attached hydrogens (tertiary/aromatic N) is 1. The first-order chi connectivity index (χ1) is 12.6. The number of hydrogen-bond donors (Lipinski definition) is 0. The number of carbonyl (C=O) groups excluding carboxylic acids is 1. The third kappa shape index (κ3) is 5.21. The summed E-state index contributed by atoms with van der Waals surface area (Å²) >= 11 is 2.29. The lowest BCUT2D eigenvalue weighted by atomic mass is 9.94. The summed E-state index contributed by atoms with van der Waals surface area (Å²) < 4.78 is 6.29. The number of ether oxygens (including phenoxy) is 1. The molecule has 4 heteroatoms. The van der Waals surface area contributed by atoms with Crippen LogP contribution in [0.2, 0.25) is 0 Å². The number of halogens is 1. The molecule has 0 radical (unpaired) electrons. The number of benzene rings is 2. The smallest absolute Gasteiger partial charge is 0.231 e. The molecule has 0 heterocycles. The summed E-state index contributed by atoms with van der Waals surface area (Å²) in [6, 6.07) is 15.8. The Labute approximate surface area is 169 Å². The summed E-state index contributed by atoms with van der Waals surface area (Å²) in [7, 11) is 1.64. The van der Waals surface area contributed by atoms with Crippen LogP contribution in [-0.2, 0) is 11.3 Å². The van der Waals surface area contributed by atoms with Crippen molar-refractivity contribution in [3.05, 3.63) is 88.5 Å². The molecular formula is C22H24INO2. The Kier molecular flexibility index (Phi) is 7.91. The van der Waals surface area contributed by atoms with E-state index in [1.165, 1.54) is 0 Å². The van der Waals surface area contributed by atoms with E-state index < -0.39 is 0 Å². The molecule has 0 spiro atoms. The Hall–Kier alpha value is -2.08. The van der Waals surface area contributed by atoms with Crippen molar-refractivity contribution in [1.82, 2.24) is 4.90 Å². The lowest BCUT2D eigenvalue weighted by molar-refractivity contribution is -0.132. The van der Waals surface area contributed by atoms with Gasteiger partial charge in [-0.25, -0.2) is 0 Å². The molecule has 26 heavy (non-hydrogen) atoms. The van der Waals surface area contributed by atoms with Gasteiger partial charge < -0.3 is 9.64 Å². The molecule has 0 bridgehead atoms. The second-order valence-corrected chi connectivity index (χ2v) is 7.12. The van der Waals surface area contributed by atoms with E-state index in [0.29, 0.717) is 19.5 Å². The molecular weight excluding hydrogens is 437 g/mol. The predicted octanol–water partition coefficient (Wildman–Crippen LogP) is 5.17. The molecule has 2 aromatic carbocycles. The lowest BCUT2D eigenvalue weighted by Crippen LogP contribution is -2.35. The molecule has 0 saturated carbocycles. The molecule has 1 amide bonds. The van der Waals surface area contributed by atoms with Gasteiger partial charge >= 0.3 is 0 Å². The van der Waals surface area contributed by atoms with E-state index in [4.69, 9.17) is 4.74 Å². The minimum absolute atomic E-state index is 0.0877. The van der Waals surface area contributed by atoms with Gasteiger partial charge in [-0.15, -0.1) is 13.2 Å². The third-order valence-corrected chi connectivity index (χ3v) is 5.16. The van der Waals surface area contributed by atoms with Gasteiger partial charge in [0.15, 0.2) is 0 Å². The monoisotopic (exact) mass is 461 g/mol. The highest BCUT2D eigenvalue weighted by Crippen LogP contribution is 2.28. The largest absolute Gasteiger partial charge is 0.497 e. The van der Waals surface area contributed by atoms with Gasteiger partial charge in [-0.1, -0.05) is 42.5 Å². The molecule has 0 aliphatic carbocycles. The molecule has 2 rings (SSSR count). The van der Waals surface area contributed by atoms with Crippen LogP contribution in [0.15, 0.2) is 73.8 Å². The number of amides is 1. The first kappa shape index (κ1) is 20.2. The summed E-state index contributed by atoms with van der Waals surface area (Å²) in [5.41, 5.74) is 2.10. The maximum absolute atomic E-state index is 13.3. The lowest BCUT2D eigenvalue weighted by Gasteiger charge is -2.27. The Balaban J connectivity index is 2.27. The van der Waals surface area contributed by atoms with Crippen LogP contribution >= 0.6 is 22.6 Å². The fourth-order valence-electron chi connectivity index (χ4n) is 2.85. The van der Waals surface area contributed by atoms with Crippen LogP contribution in [0.1, 0.15) is 23.5 Å². The van der Waals surface area contributed by atoms with Gasteiger partial charge in [-0.05, 0) is 58.3 Å². The highest BCUT2D eigenvalue weighted by molar-refractivity contribution is 14.1. The van der Waals surface area contributed by atoms with Gasteiger partial charge in [0.05, 0.1) is 13.0 Å². The van der Waals surface area contributed by atoms with Gasteiger partial charge in [0.2, 0.25) is 5.91 Å². The first-order valence-corrected chi connectivity index (χ1v) is 9.56. The van der Waals surface area contributed by atoms with Crippen molar-refractivity contribution in [3.63, 3.8) is 0 Å². The Morgan fingerprint density at radius 2 is 1.85 bits per heavy atom. The van der Waals surface area contributed by atoms with Crippen LogP contribution < -0.4 is 4.74 Å². The van der Waals surface area contributed by atoms with Crippen molar-refractivity contribution in [3.8, 4) is 5.75 Å². The standard InChI is InChI=1S/C22H24INO2/c1-4-8-20(19-9-6-7-10-21(19)23)22(25)24(15-5-2)16-17-11-13-18(26-3)14-12-17/h4-7,9-14,20H,1-2,8,15-16H2,3H3/t20-/m1/s1. The second kappa shape index (κ2) is 10.2. The van der Waals surface area contributed by atoms with Crippen LogP contribution in [0.5, 0.6) is 5.75 Å². The van der Waals surface area contributed by atoms with Gasteiger partial charge in [0.25, 0.3) is 0 Å². The van der Waals surface area contributed by atoms with E-state index in [1.54, 1.807) is 13.2 Å². The number of methoxy groups -OCH3 is 1. The van der Waals surface area contributed by atoms with Crippen molar-refractivity contribution < 1.29 is 9.53 Å². The van der Waals surface area contributed by atoms with Crippen LogP contribution in [0.25, 0.3) is 0 Å². The molecule has 0 N–H and O–H groups in total. The maximum atomic E-state index is 13.3. The quantitative estimate of drug-likeness (QED) is 0.381. The Morgan fingerprint density at radius 3 is 2.42 bits per heavy atom. The average molecular weight is 461 g/mol. The summed E-state index contributed by atoms with van der Waals surface area (Å²) in [6.07, 6.45) is 4.18. The average Bonchev–Trinajstić information content (AvgIpc) is 2.66. The van der Waals surface area contributed by atoms with Crippen molar-refractivity contribution in [2.45, 2.75) is 18.9 Å². The molecule has 0 fully saturated rings. The van der Waals surface area contributed by atoms with Crippen LogP contribution in [0.3, 0.4) is 0 Å². The van der Waals surface area contributed by atoms with E-state index in [-0.39, 0.29) is 11.8 Å². The zero-order valence-corrected chi connectivity index (χ0v) is 17.2. The highest BCUT2D eigenvalue weighted by Gasteiger charge is 2.26. The summed E-state index contributed by atoms with van der Waals surface area (Å²) in [5, 5.41) is 0. The number of hydrogen-bond acceptors (Lipinski definition) is 2. The van der Waals surface area contributed by atoms with E-state index in [2.05, 4.69) is 35.7 Å². The molecule has 0 saturated heterocycles. The Morgan fingerprint density at radius 1 is 1.15 bits per heavy atom. The van der Waals surface area contributed by atoms with Crippen molar-refractivity contribution in [2.75, 3.05) is 13.7 Å². The molecule has 1 atom stereocenters. The topological polar surface area (TPSA) is 29.5 Å². The number of rotatable bonds is 9. The van der Waals surface area contributed by atoms with Gasteiger partial charge in [0, 0.05) is 16.7 Å². The van der Waals surface area contributed by atoms with E-state index >= 15 is 0 Å². The maximum Gasteiger partial charge on any atom is 0.231 e. The zero-order valence-electron chi connectivity index (χ0n) is 15.0. The minimum Gasteiger partial charge on any atom is -0.497 e. The van der Waals surface area contributed by atoms with Gasteiger partial charge in [-0.2, -0.15) is 0 Å². The van der Waals surface area contributed by atoms with Crippen LogP contribution in [0.4, 0.5) is 0 Å². The van der Waals surface area contributed by atoms with E-state index in [0.717, 1.165) is 20.4 Å². The molecule has 0 aliphatic heterocycles. The SMILES string of the molecule is C=CC[C@@H](C(=O)N(CC=C)Cc1ccc(OC)cc1)c1ccccc1I. The second-order valence-electron chi connectivity index (χ2n) is 5.95. The zero-order chi connectivity index (χ0) is 18.9. The van der Waals surface area contributed by atoms with E-state index in [9.17, 15) is 4.79 Å². The van der Waals surface area contributed by atoms with Crippen LogP contribution in [-0.4, -0.2) is 24.5 Å². The molecule has 136 valence electrons. The predicted molar refractivity (Wildman–Crippen MR) is 115 cm³/mol. The highest BCUT2D eigenvalue weighted by atomic mass is 127.